The highest BCUT2D eigenvalue weighted by atomic mass is 16.5. The number of hydrogen-bond acceptors (Lipinski definition) is 6. The number of ketones is 2. The van der Waals surface area contributed by atoms with Gasteiger partial charge in [0.25, 0.3) is 0 Å². The predicted octanol–water partition coefficient (Wildman–Crippen LogP) is 6.85. The maximum Gasteiger partial charge on any atom is 0.232 e. The molecule has 6 rings (SSSR count). The molecule has 0 N–H and O–H groups in total. The van der Waals surface area contributed by atoms with Crippen LogP contribution in [0.25, 0.3) is 0 Å². The van der Waals surface area contributed by atoms with E-state index in [1.807, 2.05) is 32.9 Å². The number of carbonyl (C=O) groups excluding carboxylic acids is 2. The zero-order chi connectivity index (χ0) is 28.4. The maximum atomic E-state index is 14.5. The number of fused-ring (bicyclic) bond motifs is 7. The summed E-state index contributed by atoms with van der Waals surface area (Å²) in [4.78, 5) is 32.4. The highest BCUT2D eigenvalue weighted by molar-refractivity contribution is 6.04. The third kappa shape index (κ3) is 3.19. The summed E-state index contributed by atoms with van der Waals surface area (Å²) in [5.41, 5.74) is -0.280. The molecule has 5 aliphatic rings. The predicted molar refractivity (Wildman–Crippen MR) is 147 cm³/mol. The fraction of sp³-hybridized carbons (Fsp3) is 0.727. The van der Waals surface area contributed by atoms with Crippen molar-refractivity contribution in [3.63, 3.8) is 0 Å². The number of Topliss-reactive ketones (excluding diaryl/α,β-unsaturated/α-hetero) is 1. The Kier molecular flexibility index (Phi) is 5.33. The van der Waals surface area contributed by atoms with Crippen LogP contribution in [0.3, 0.4) is 0 Å². The van der Waals surface area contributed by atoms with E-state index in [1.165, 1.54) is 0 Å². The van der Waals surface area contributed by atoms with E-state index in [0.29, 0.717) is 11.7 Å². The summed E-state index contributed by atoms with van der Waals surface area (Å²) in [7, 11) is 0. The fourth-order valence-corrected chi connectivity index (χ4v) is 10.5. The molecule has 6 nitrogen and oxygen atoms in total. The monoisotopic (exact) mass is 529 g/mol. The number of allylic oxidation sites excluding steroid dienone is 4. The van der Waals surface area contributed by atoms with Gasteiger partial charge in [0.05, 0.1) is 5.57 Å². The quantitative estimate of drug-likeness (QED) is 0.395. The van der Waals surface area contributed by atoms with Gasteiger partial charge >= 0.3 is 0 Å². The molecule has 3 fully saturated rings. The van der Waals surface area contributed by atoms with Crippen LogP contribution in [0.2, 0.25) is 0 Å². The van der Waals surface area contributed by atoms with Crippen LogP contribution in [-0.4, -0.2) is 21.7 Å². The Hall–Kier alpha value is -2.55. The van der Waals surface area contributed by atoms with E-state index < -0.39 is 10.8 Å². The highest BCUT2D eigenvalue weighted by Crippen LogP contribution is 2.74. The zero-order valence-corrected chi connectivity index (χ0v) is 24.9. The Morgan fingerprint density at radius 1 is 1.00 bits per heavy atom. The molecule has 0 amide bonds. The number of aromatic nitrogens is 2. The normalized spacial score (nSPS) is 46.6. The number of rotatable bonds is 1. The lowest BCUT2D eigenvalue weighted by molar-refractivity contribution is -0.166. The maximum absolute atomic E-state index is 14.5. The second-order valence-electron chi connectivity index (χ2n) is 15.5. The molecule has 2 unspecified atom stereocenters. The van der Waals surface area contributed by atoms with Gasteiger partial charge < -0.3 is 4.52 Å². The third-order valence-electron chi connectivity index (χ3n) is 13.1. The first-order valence-corrected chi connectivity index (χ1v) is 14.8. The lowest BCUT2D eigenvalue weighted by Gasteiger charge is -2.69. The van der Waals surface area contributed by atoms with E-state index in [4.69, 9.17) is 4.52 Å². The first-order valence-electron chi connectivity index (χ1n) is 14.8. The first kappa shape index (κ1) is 26.7. The van der Waals surface area contributed by atoms with Crippen molar-refractivity contribution in [3.8, 4) is 6.07 Å². The molecule has 0 aromatic carbocycles. The molecule has 208 valence electrons. The Balaban J connectivity index is 1.48. The molecular weight excluding hydrogens is 486 g/mol. The summed E-state index contributed by atoms with van der Waals surface area (Å²) in [6.45, 7) is 17.4. The van der Waals surface area contributed by atoms with E-state index >= 15 is 0 Å². The smallest absolute Gasteiger partial charge is 0.232 e. The van der Waals surface area contributed by atoms with Gasteiger partial charge in [0.2, 0.25) is 5.89 Å². The first-order chi connectivity index (χ1) is 18.1. The number of nitrogens with zero attached hydrogens (tertiary/aromatic N) is 3. The SMILES string of the molecule is Cc1noc([C@@]2(C)CC[C@]3(C)CC[C@]4(C)[C@H](C(=O)C=C5[C@@]6(C)C=C(C#N)C(=O)C(C)(C)C6CC[C@]54C)C3C2)n1. The summed E-state index contributed by atoms with van der Waals surface area (Å²) in [5, 5.41) is 14.0. The summed E-state index contributed by atoms with van der Waals surface area (Å²) >= 11 is 0. The van der Waals surface area contributed by atoms with Gasteiger partial charge in [-0.25, -0.2) is 0 Å². The number of hydrogen-bond donors (Lipinski definition) is 0. The van der Waals surface area contributed by atoms with Crippen molar-refractivity contribution in [3.05, 3.63) is 35.0 Å². The molecule has 0 spiro atoms. The summed E-state index contributed by atoms with van der Waals surface area (Å²) in [6.07, 6.45) is 10.8. The van der Waals surface area contributed by atoms with Crippen molar-refractivity contribution in [2.75, 3.05) is 0 Å². The van der Waals surface area contributed by atoms with E-state index in [9.17, 15) is 14.9 Å². The molecule has 0 radical (unpaired) electrons. The molecule has 3 saturated carbocycles. The molecule has 0 bridgehead atoms. The van der Waals surface area contributed by atoms with Gasteiger partial charge in [-0.05, 0) is 86.0 Å². The topological polar surface area (TPSA) is 96.9 Å². The van der Waals surface area contributed by atoms with Crippen LogP contribution in [0.5, 0.6) is 0 Å². The highest BCUT2D eigenvalue weighted by Gasteiger charge is 2.69. The second kappa shape index (κ2) is 7.80. The molecular formula is C33H43N3O3. The average Bonchev–Trinajstić information content (AvgIpc) is 3.31. The largest absolute Gasteiger partial charge is 0.339 e. The van der Waals surface area contributed by atoms with Gasteiger partial charge in [-0.3, -0.25) is 9.59 Å². The van der Waals surface area contributed by atoms with Crippen molar-refractivity contribution < 1.29 is 14.1 Å². The Labute approximate surface area is 232 Å². The molecule has 1 heterocycles. The van der Waals surface area contributed by atoms with E-state index in [-0.39, 0.29) is 56.6 Å². The van der Waals surface area contributed by atoms with Gasteiger partial charge in [0, 0.05) is 22.2 Å². The minimum absolute atomic E-state index is 0.0610. The Bertz CT molecular complexity index is 1390. The van der Waals surface area contributed by atoms with Crippen molar-refractivity contribution >= 4 is 11.6 Å². The van der Waals surface area contributed by atoms with E-state index in [0.717, 1.165) is 50.5 Å². The number of nitriles is 1. The van der Waals surface area contributed by atoms with Gasteiger partial charge in [-0.1, -0.05) is 65.3 Å². The number of aryl methyl sites for hydroxylation is 1. The van der Waals surface area contributed by atoms with Crippen molar-refractivity contribution in [1.29, 1.82) is 5.26 Å². The Morgan fingerprint density at radius 3 is 2.33 bits per heavy atom. The molecule has 1 aromatic rings. The van der Waals surface area contributed by atoms with Crippen LogP contribution in [0, 0.1) is 63.1 Å². The minimum Gasteiger partial charge on any atom is -0.339 e. The van der Waals surface area contributed by atoms with Crippen molar-refractivity contribution in [1.82, 2.24) is 10.1 Å². The molecule has 0 aliphatic heterocycles. The van der Waals surface area contributed by atoms with Gasteiger partial charge in [-0.15, -0.1) is 0 Å². The molecule has 5 aliphatic carbocycles. The van der Waals surface area contributed by atoms with Crippen LogP contribution in [0.15, 0.2) is 27.8 Å². The minimum atomic E-state index is -0.643. The average molecular weight is 530 g/mol. The molecule has 8 atom stereocenters. The lowest BCUT2D eigenvalue weighted by atomic mass is 9.34. The van der Waals surface area contributed by atoms with Gasteiger partial charge in [-0.2, -0.15) is 10.2 Å². The lowest BCUT2D eigenvalue weighted by Crippen LogP contribution is -2.64. The van der Waals surface area contributed by atoms with E-state index in [2.05, 4.69) is 50.8 Å². The zero-order valence-electron chi connectivity index (χ0n) is 24.9. The van der Waals surface area contributed by atoms with Crippen molar-refractivity contribution in [2.45, 2.75) is 106 Å². The van der Waals surface area contributed by atoms with Crippen LogP contribution in [0.1, 0.15) is 105 Å². The van der Waals surface area contributed by atoms with Crippen LogP contribution >= 0.6 is 0 Å². The molecule has 6 heteroatoms. The standard InChI is InChI=1S/C33H43N3O3/c1-19-35-27(39-36-19)30(5)12-11-29(4)13-14-33(8)25(21(29)17-30)22(37)15-24-31(6)16-20(18-34)26(38)28(2,3)23(31)9-10-32(24,33)7/h15-16,21,23,25H,9-14,17H2,1-8H3/t21?,23?,25-,29+,30-,31-,32+,33+/m0/s1. The van der Waals surface area contributed by atoms with Crippen molar-refractivity contribution in [2.24, 2.45) is 44.8 Å². The Morgan fingerprint density at radius 2 is 1.69 bits per heavy atom. The van der Waals surface area contributed by atoms with Gasteiger partial charge in [0.15, 0.2) is 17.4 Å². The summed E-state index contributed by atoms with van der Waals surface area (Å²) in [5.74, 6) is 1.75. The van der Waals surface area contributed by atoms with Crippen LogP contribution in [-0.2, 0) is 15.0 Å². The molecule has 39 heavy (non-hydrogen) atoms. The second-order valence-corrected chi connectivity index (χ2v) is 15.5. The van der Waals surface area contributed by atoms with Crippen LogP contribution < -0.4 is 0 Å². The van der Waals surface area contributed by atoms with Gasteiger partial charge in [0.1, 0.15) is 6.07 Å². The van der Waals surface area contributed by atoms with Crippen LogP contribution in [0.4, 0.5) is 0 Å². The molecule has 1 aromatic heterocycles. The molecule has 0 saturated heterocycles. The summed E-state index contributed by atoms with van der Waals surface area (Å²) < 4.78 is 5.72. The van der Waals surface area contributed by atoms with E-state index in [1.54, 1.807) is 0 Å². The number of carbonyl (C=O) groups is 2. The third-order valence-corrected chi connectivity index (χ3v) is 13.1. The summed E-state index contributed by atoms with van der Waals surface area (Å²) in [6, 6.07) is 2.20. The fourth-order valence-electron chi connectivity index (χ4n) is 10.5.